The van der Waals surface area contributed by atoms with E-state index in [0.717, 1.165) is 62.4 Å². The third kappa shape index (κ3) is 3.77. The summed E-state index contributed by atoms with van der Waals surface area (Å²) in [5.74, 6) is 1.75. The fourth-order valence-electron chi connectivity index (χ4n) is 4.19. The molecule has 0 N–H and O–H groups in total. The van der Waals surface area contributed by atoms with Crippen molar-refractivity contribution >= 4 is 23.5 Å². The van der Waals surface area contributed by atoms with E-state index in [0.29, 0.717) is 38.1 Å². The average molecular weight is 410 g/mol. The summed E-state index contributed by atoms with van der Waals surface area (Å²) >= 11 is 0. The number of hydrogen-bond donors (Lipinski definition) is 0. The van der Waals surface area contributed by atoms with E-state index in [-0.39, 0.29) is 6.09 Å². The second-order valence-electron chi connectivity index (χ2n) is 7.76. The SMILES string of the molecule is O=C(Oc1nc(N2CCOCC2)nc2c1CCN2c1cccnc1)N1CCCCC1. The van der Waals surface area contributed by atoms with Crippen LogP contribution in [0.2, 0.25) is 0 Å². The first-order chi connectivity index (χ1) is 14.8. The molecule has 3 aliphatic heterocycles. The van der Waals surface area contributed by atoms with Gasteiger partial charge in [-0.1, -0.05) is 0 Å². The lowest BCUT2D eigenvalue weighted by atomic mass is 10.1. The van der Waals surface area contributed by atoms with Crippen molar-refractivity contribution in [1.29, 1.82) is 0 Å². The molecule has 0 atom stereocenters. The lowest BCUT2D eigenvalue weighted by Gasteiger charge is -2.29. The van der Waals surface area contributed by atoms with E-state index in [2.05, 4.69) is 19.8 Å². The van der Waals surface area contributed by atoms with E-state index in [4.69, 9.17) is 14.5 Å². The second-order valence-corrected chi connectivity index (χ2v) is 7.76. The average Bonchev–Trinajstić information content (AvgIpc) is 3.25. The van der Waals surface area contributed by atoms with Crippen LogP contribution in [-0.4, -0.2) is 71.9 Å². The largest absolute Gasteiger partial charge is 0.416 e. The predicted octanol–water partition coefficient (Wildman–Crippen LogP) is 2.39. The molecule has 158 valence electrons. The summed E-state index contributed by atoms with van der Waals surface area (Å²) in [5.41, 5.74) is 1.84. The monoisotopic (exact) mass is 410 g/mol. The van der Waals surface area contributed by atoms with Crippen molar-refractivity contribution in [3.05, 3.63) is 30.1 Å². The number of fused-ring (bicyclic) bond motifs is 1. The lowest BCUT2D eigenvalue weighted by molar-refractivity contribution is 0.121. The highest BCUT2D eigenvalue weighted by Gasteiger charge is 2.31. The molecule has 3 aliphatic rings. The molecule has 0 spiro atoms. The van der Waals surface area contributed by atoms with Crippen LogP contribution in [-0.2, 0) is 11.2 Å². The first-order valence-electron chi connectivity index (χ1n) is 10.7. The van der Waals surface area contributed by atoms with Crippen LogP contribution < -0.4 is 14.5 Å². The summed E-state index contributed by atoms with van der Waals surface area (Å²) < 4.78 is 11.3. The molecule has 30 heavy (non-hydrogen) atoms. The Balaban J connectivity index is 1.49. The number of anilines is 3. The normalized spacial score (nSPS) is 19.0. The molecule has 1 amide bonds. The molecule has 0 bridgehead atoms. The maximum atomic E-state index is 12.8. The van der Waals surface area contributed by atoms with Gasteiger partial charge in [0.15, 0.2) is 0 Å². The van der Waals surface area contributed by atoms with Crippen LogP contribution in [0.1, 0.15) is 24.8 Å². The number of aromatic nitrogens is 3. The molecule has 5 rings (SSSR count). The minimum absolute atomic E-state index is 0.316. The molecule has 9 heteroatoms. The molecule has 2 aromatic heterocycles. The second kappa shape index (κ2) is 8.43. The number of morpholine rings is 1. The molecule has 9 nitrogen and oxygen atoms in total. The number of pyridine rings is 1. The number of likely N-dealkylation sites (tertiary alicyclic amines) is 1. The summed E-state index contributed by atoms with van der Waals surface area (Å²) in [7, 11) is 0. The summed E-state index contributed by atoms with van der Waals surface area (Å²) in [6, 6.07) is 3.92. The van der Waals surface area contributed by atoms with Crippen molar-refractivity contribution in [2.75, 3.05) is 55.7 Å². The zero-order chi connectivity index (χ0) is 20.3. The van der Waals surface area contributed by atoms with Gasteiger partial charge >= 0.3 is 6.09 Å². The molecule has 0 saturated carbocycles. The maximum Gasteiger partial charge on any atom is 0.416 e. The number of carbonyl (C=O) groups is 1. The van der Waals surface area contributed by atoms with E-state index < -0.39 is 0 Å². The summed E-state index contributed by atoms with van der Waals surface area (Å²) in [4.78, 5) is 32.6. The Morgan fingerprint density at radius 1 is 1.03 bits per heavy atom. The third-order valence-electron chi connectivity index (χ3n) is 5.83. The van der Waals surface area contributed by atoms with Gasteiger partial charge in [-0.15, -0.1) is 0 Å². The van der Waals surface area contributed by atoms with E-state index in [1.165, 1.54) is 0 Å². The van der Waals surface area contributed by atoms with Gasteiger partial charge in [0, 0.05) is 38.9 Å². The Kier molecular flexibility index (Phi) is 5.35. The van der Waals surface area contributed by atoms with Crippen molar-refractivity contribution in [2.24, 2.45) is 0 Å². The van der Waals surface area contributed by atoms with E-state index in [9.17, 15) is 4.79 Å². The van der Waals surface area contributed by atoms with Crippen molar-refractivity contribution in [2.45, 2.75) is 25.7 Å². The van der Waals surface area contributed by atoms with Crippen molar-refractivity contribution in [3.8, 4) is 5.88 Å². The number of hydrogen-bond acceptors (Lipinski definition) is 8. The maximum absolute atomic E-state index is 12.8. The Hall–Kier alpha value is -2.94. The minimum atomic E-state index is -0.316. The highest BCUT2D eigenvalue weighted by atomic mass is 16.6. The number of carbonyl (C=O) groups excluding carboxylic acids is 1. The molecular weight excluding hydrogens is 384 g/mol. The molecule has 0 unspecified atom stereocenters. The van der Waals surface area contributed by atoms with Crippen LogP contribution in [0, 0.1) is 0 Å². The summed E-state index contributed by atoms with van der Waals surface area (Å²) in [5, 5.41) is 0. The van der Waals surface area contributed by atoms with Crippen LogP contribution in [0.25, 0.3) is 0 Å². The zero-order valence-electron chi connectivity index (χ0n) is 17.0. The highest BCUT2D eigenvalue weighted by molar-refractivity contribution is 5.74. The van der Waals surface area contributed by atoms with Crippen LogP contribution in [0.5, 0.6) is 5.88 Å². The van der Waals surface area contributed by atoms with E-state index in [1.54, 1.807) is 11.1 Å². The third-order valence-corrected chi connectivity index (χ3v) is 5.83. The van der Waals surface area contributed by atoms with Crippen LogP contribution in [0.4, 0.5) is 22.2 Å². The Labute approximate surface area is 175 Å². The number of nitrogens with zero attached hydrogens (tertiary/aromatic N) is 6. The zero-order valence-corrected chi connectivity index (χ0v) is 17.0. The fraction of sp³-hybridized carbons (Fsp3) is 0.524. The Morgan fingerprint density at radius 3 is 2.63 bits per heavy atom. The molecule has 2 fully saturated rings. The number of ether oxygens (including phenoxy) is 2. The first kappa shape index (κ1) is 19.0. The summed E-state index contributed by atoms with van der Waals surface area (Å²) in [6.45, 7) is 4.92. The lowest BCUT2D eigenvalue weighted by Crippen LogP contribution is -2.39. The number of piperidine rings is 1. The van der Waals surface area contributed by atoms with Crippen LogP contribution >= 0.6 is 0 Å². The van der Waals surface area contributed by atoms with Gasteiger partial charge in [-0.25, -0.2) is 4.79 Å². The fourth-order valence-corrected chi connectivity index (χ4v) is 4.19. The Morgan fingerprint density at radius 2 is 1.87 bits per heavy atom. The van der Waals surface area contributed by atoms with Gasteiger partial charge in [-0.2, -0.15) is 9.97 Å². The topological polar surface area (TPSA) is 83.9 Å². The van der Waals surface area contributed by atoms with Gasteiger partial charge in [0.05, 0.1) is 30.7 Å². The quantitative estimate of drug-likeness (QED) is 0.763. The first-order valence-corrected chi connectivity index (χ1v) is 10.7. The molecule has 0 aromatic carbocycles. The molecule has 5 heterocycles. The smallest absolute Gasteiger partial charge is 0.391 e. The Bertz CT molecular complexity index is 897. The van der Waals surface area contributed by atoms with E-state index in [1.807, 2.05) is 18.3 Å². The van der Waals surface area contributed by atoms with Crippen molar-refractivity contribution in [3.63, 3.8) is 0 Å². The van der Waals surface area contributed by atoms with Gasteiger partial charge in [-0.3, -0.25) is 4.98 Å². The standard InChI is InChI=1S/C21H26N6O3/c28-21(26-8-2-1-3-9-26)30-19-17-6-10-27(16-5-4-7-22-15-16)18(17)23-20(24-19)25-11-13-29-14-12-25/h4-5,7,15H,1-3,6,8-14H2. The van der Waals surface area contributed by atoms with Gasteiger partial charge in [0.1, 0.15) is 5.82 Å². The van der Waals surface area contributed by atoms with Crippen molar-refractivity contribution < 1.29 is 14.3 Å². The van der Waals surface area contributed by atoms with Crippen LogP contribution in [0.3, 0.4) is 0 Å². The van der Waals surface area contributed by atoms with Crippen molar-refractivity contribution in [1.82, 2.24) is 19.9 Å². The number of rotatable bonds is 3. The van der Waals surface area contributed by atoms with Gasteiger partial charge in [0.25, 0.3) is 0 Å². The summed E-state index contributed by atoms with van der Waals surface area (Å²) in [6.07, 6.45) is 7.18. The number of amides is 1. The van der Waals surface area contributed by atoms with Gasteiger partial charge < -0.3 is 24.2 Å². The predicted molar refractivity (Wildman–Crippen MR) is 111 cm³/mol. The highest BCUT2D eigenvalue weighted by Crippen LogP contribution is 2.38. The molecule has 2 saturated heterocycles. The van der Waals surface area contributed by atoms with Gasteiger partial charge in [0.2, 0.25) is 11.8 Å². The molecule has 0 aliphatic carbocycles. The molecule has 2 aromatic rings. The molecular formula is C21H26N6O3. The minimum Gasteiger partial charge on any atom is -0.391 e. The van der Waals surface area contributed by atoms with Crippen LogP contribution in [0.15, 0.2) is 24.5 Å². The van der Waals surface area contributed by atoms with E-state index >= 15 is 0 Å². The molecule has 0 radical (unpaired) electrons. The van der Waals surface area contributed by atoms with Gasteiger partial charge in [-0.05, 0) is 37.8 Å².